The van der Waals surface area contributed by atoms with Gasteiger partial charge in [0.25, 0.3) is 0 Å². The van der Waals surface area contributed by atoms with E-state index >= 15 is 0 Å². The fraction of sp³-hybridized carbons (Fsp3) is 0.714. The zero-order valence-corrected chi connectivity index (χ0v) is 6.29. The van der Waals surface area contributed by atoms with Gasteiger partial charge in [0.05, 0.1) is 13.2 Å². The average Bonchev–Trinajstić information content (AvgIpc) is 1.84. The quantitative estimate of drug-likeness (QED) is 0.590. The molecule has 0 amide bonds. The Bertz CT molecular complexity index is 193. The first-order chi connectivity index (χ1) is 5.03. The Morgan fingerprint density at radius 1 is 1.55 bits per heavy atom. The van der Waals surface area contributed by atoms with Crippen LogP contribution >= 0.6 is 0 Å². The molecule has 0 aromatic rings. The molecule has 0 aromatic carbocycles. The minimum absolute atomic E-state index is 0.0856. The summed E-state index contributed by atoms with van der Waals surface area (Å²) >= 11 is 0. The highest BCUT2D eigenvalue weighted by atomic mass is 16.5. The summed E-state index contributed by atoms with van der Waals surface area (Å²) in [6.45, 7) is 2.83. The van der Waals surface area contributed by atoms with Crippen molar-refractivity contribution in [2.75, 3.05) is 13.2 Å². The fourth-order valence-electron chi connectivity index (χ4n) is 1.02. The maximum Gasteiger partial charge on any atom is 0.372 e. The van der Waals surface area contributed by atoms with E-state index in [9.17, 15) is 9.59 Å². The number of hydrogen-bond acceptors (Lipinski definition) is 3. The maximum absolute atomic E-state index is 10.7. The number of rotatable bonds is 3. The average molecular weight is 158 g/mol. The summed E-state index contributed by atoms with van der Waals surface area (Å²) in [6.07, 6.45) is 0.0856. The molecule has 1 rings (SSSR count). The number of aliphatic carboxylic acids is 1. The summed E-state index contributed by atoms with van der Waals surface area (Å²) in [6, 6.07) is 0. The van der Waals surface area contributed by atoms with E-state index in [1.54, 1.807) is 0 Å². The maximum atomic E-state index is 10.7. The number of Topliss-reactive ketones (excluding diaryl/α,β-unsaturated/α-hetero) is 1. The number of carboxylic acids is 1. The summed E-state index contributed by atoms with van der Waals surface area (Å²) in [4.78, 5) is 20.8. The molecule has 4 nitrogen and oxygen atoms in total. The SMILES string of the molecule is CC1(CC(=O)C(=O)O)COC1. The number of carbonyl (C=O) groups is 2. The van der Waals surface area contributed by atoms with Crippen molar-refractivity contribution in [3.05, 3.63) is 0 Å². The molecule has 11 heavy (non-hydrogen) atoms. The van der Waals surface area contributed by atoms with Crippen LogP contribution in [0, 0.1) is 5.41 Å². The predicted molar refractivity (Wildman–Crippen MR) is 36.2 cm³/mol. The molecule has 4 heteroatoms. The first-order valence-electron chi connectivity index (χ1n) is 3.37. The lowest BCUT2D eigenvalue weighted by Gasteiger charge is -2.36. The Balaban J connectivity index is 2.41. The van der Waals surface area contributed by atoms with Crippen LogP contribution in [0.2, 0.25) is 0 Å². The van der Waals surface area contributed by atoms with Crippen molar-refractivity contribution >= 4 is 11.8 Å². The van der Waals surface area contributed by atoms with Gasteiger partial charge in [0.15, 0.2) is 0 Å². The molecule has 1 fully saturated rings. The number of carboxylic acid groups (broad SMARTS) is 1. The molecule has 1 N–H and O–H groups in total. The summed E-state index contributed by atoms with van der Waals surface area (Å²) in [5, 5.41) is 8.27. The van der Waals surface area contributed by atoms with Crippen LogP contribution in [0.5, 0.6) is 0 Å². The second-order valence-electron chi connectivity index (χ2n) is 3.21. The highest BCUT2D eigenvalue weighted by molar-refractivity contribution is 6.32. The fourth-order valence-corrected chi connectivity index (χ4v) is 1.02. The van der Waals surface area contributed by atoms with Crippen LogP contribution in [0.4, 0.5) is 0 Å². The zero-order valence-electron chi connectivity index (χ0n) is 6.29. The van der Waals surface area contributed by atoms with E-state index in [0.717, 1.165) is 0 Å². The van der Waals surface area contributed by atoms with Crippen molar-refractivity contribution in [3.8, 4) is 0 Å². The third kappa shape index (κ3) is 1.77. The summed E-state index contributed by atoms with van der Waals surface area (Å²) in [5.41, 5.74) is -0.227. The molecule has 0 aliphatic carbocycles. The molecule has 0 spiro atoms. The minimum atomic E-state index is -1.35. The van der Waals surface area contributed by atoms with Gasteiger partial charge in [-0.3, -0.25) is 4.79 Å². The lowest BCUT2D eigenvalue weighted by molar-refractivity contribution is -0.156. The number of ketones is 1. The lowest BCUT2D eigenvalue weighted by atomic mass is 9.83. The molecular weight excluding hydrogens is 148 g/mol. The van der Waals surface area contributed by atoms with Crippen LogP contribution in [-0.4, -0.2) is 30.1 Å². The lowest BCUT2D eigenvalue weighted by Crippen LogP contribution is -2.42. The van der Waals surface area contributed by atoms with Gasteiger partial charge < -0.3 is 9.84 Å². The van der Waals surface area contributed by atoms with Gasteiger partial charge in [-0.15, -0.1) is 0 Å². The molecular formula is C7H10O4. The van der Waals surface area contributed by atoms with Gasteiger partial charge in [-0.05, 0) is 0 Å². The normalized spacial score (nSPS) is 20.5. The summed E-state index contributed by atoms with van der Waals surface area (Å²) in [7, 11) is 0. The first kappa shape index (κ1) is 8.20. The topological polar surface area (TPSA) is 63.6 Å². The number of ether oxygens (including phenoxy) is 1. The van der Waals surface area contributed by atoms with Crippen LogP contribution in [0.3, 0.4) is 0 Å². The molecule has 1 saturated heterocycles. The molecule has 1 aliphatic rings. The van der Waals surface area contributed by atoms with E-state index in [0.29, 0.717) is 13.2 Å². The number of hydrogen-bond donors (Lipinski definition) is 1. The monoisotopic (exact) mass is 158 g/mol. The van der Waals surface area contributed by atoms with Crippen LogP contribution < -0.4 is 0 Å². The molecule has 1 heterocycles. The minimum Gasteiger partial charge on any atom is -0.476 e. The van der Waals surface area contributed by atoms with E-state index in [1.165, 1.54) is 0 Å². The molecule has 62 valence electrons. The Morgan fingerprint density at radius 2 is 2.09 bits per heavy atom. The molecule has 0 bridgehead atoms. The molecule has 1 aliphatic heterocycles. The molecule has 0 radical (unpaired) electrons. The van der Waals surface area contributed by atoms with Crippen molar-refractivity contribution in [1.29, 1.82) is 0 Å². The van der Waals surface area contributed by atoms with Crippen molar-refractivity contribution in [3.63, 3.8) is 0 Å². The van der Waals surface area contributed by atoms with Crippen LogP contribution in [0.1, 0.15) is 13.3 Å². The van der Waals surface area contributed by atoms with Crippen molar-refractivity contribution in [2.24, 2.45) is 5.41 Å². The summed E-state index contributed by atoms with van der Waals surface area (Å²) in [5.74, 6) is -2.08. The van der Waals surface area contributed by atoms with Crippen LogP contribution in [-0.2, 0) is 14.3 Å². The Morgan fingerprint density at radius 3 is 2.36 bits per heavy atom. The van der Waals surface area contributed by atoms with Crippen molar-refractivity contribution in [1.82, 2.24) is 0 Å². The van der Waals surface area contributed by atoms with E-state index in [2.05, 4.69) is 0 Å². The van der Waals surface area contributed by atoms with Gasteiger partial charge in [-0.1, -0.05) is 6.92 Å². The smallest absolute Gasteiger partial charge is 0.372 e. The highest BCUT2D eigenvalue weighted by Crippen LogP contribution is 2.30. The van der Waals surface area contributed by atoms with Gasteiger partial charge >= 0.3 is 5.97 Å². The standard InChI is InChI=1S/C7H10O4/c1-7(3-11-4-7)2-5(8)6(9)10/h2-4H2,1H3,(H,9,10). The zero-order chi connectivity index (χ0) is 8.48. The second-order valence-corrected chi connectivity index (χ2v) is 3.21. The number of carbonyl (C=O) groups excluding carboxylic acids is 1. The molecule has 0 saturated carbocycles. The second kappa shape index (κ2) is 2.62. The first-order valence-corrected chi connectivity index (χ1v) is 3.37. The van der Waals surface area contributed by atoms with Gasteiger partial charge in [-0.2, -0.15) is 0 Å². The van der Waals surface area contributed by atoms with Gasteiger partial charge in [-0.25, -0.2) is 4.79 Å². The van der Waals surface area contributed by atoms with Gasteiger partial charge in [0, 0.05) is 11.8 Å². The van der Waals surface area contributed by atoms with Gasteiger partial charge in [0.1, 0.15) is 0 Å². The highest BCUT2D eigenvalue weighted by Gasteiger charge is 2.37. The van der Waals surface area contributed by atoms with Crippen molar-refractivity contribution < 1.29 is 19.4 Å². The van der Waals surface area contributed by atoms with Crippen molar-refractivity contribution in [2.45, 2.75) is 13.3 Å². The van der Waals surface area contributed by atoms with E-state index in [4.69, 9.17) is 9.84 Å². The molecule has 0 aromatic heterocycles. The van der Waals surface area contributed by atoms with E-state index < -0.39 is 11.8 Å². The van der Waals surface area contributed by atoms with Gasteiger partial charge in [0.2, 0.25) is 5.78 Å². The van der Waals surface area contributed by atoms with Crippen LogP contribution in [0.25, 0.3) is 0 Å². The third-order valence-electron chi connectivity index (χ3n) is 1.73. The molecule has 0 unspecified atom stereocenters. The Hall–Kier alpha value is -0.900. The Labute approximate surface area is 64.2 Å². The Kier molecular flexibility index (Phi) is 1.95. The predicted octanol–water partition coefficient (Wildman–Crippen LogP) is 0.0667. The van der Waals surface area contributed by atoms with Crippen LogP contribution in [0.15, 0.2) is 0 Å². The molecule has 0 atom stereocenters. The summed E-state index contributed by atoms with van der Waals surface area (Å²) < 4.78 is 4.87. The third-order valence-corrected chi connectivity index (χ3v) is 1.73. The van der Waals surface area contributed by atoms with E-state index in [-0.39, 0.29) is 11.8 Å². The van der Waals surface area contributed by atoms with E-state index in [1.807, 2.05) is 6.92 Å². The largest absolute Gasteiger partial charge is 0.476 e.